The molecule has 0 aliphatic carbocycles. The van der Waals surface area contributed by atoms with Gasteiger partial charge in [-0.3, -0.25) is 9.69 Å². The number of rotatable bonds is 4. The predicted octanol–water partition coefficient (Wildman–Crippen LogP) is 2.71. The quantitative estimate of drug-likeness (QED) is 0.899. The van der Waals surface area contributed by atoms with Gasteiger partial charge < -0.3 is 9.84 Å². The van der Waals surface area contributed by atoms with Gasteiger partial charge in [-0.15, -0.1) is 0 Å². The molecule has 0 spiro atoms. The summed E-state index contributed by atoms with van der Waals surface area (Å²) in [4.78, 5) is 17.9. The molecule has 9 heteroatoms. The van der Waals surface area contributed by atoms with Crippen LogP contribution in [0.25, 0.3) is 11.4 Å². The maximum atomic E-state index is 12.8. The number of aromatic nitrogens is 2. The second-order valence-electron chi connectivity index (χ2n) is 6.25. The number of nitrogens with one attached hydrogen (secondary N) is 1. The smallest absolute Gasteiger partial charge is 0.359 e. The van der Waals surface area contributed by atoms with Crippen molar-refractivity contribution in [1.29, 1.82) is 0 Å². The fourth-order valence-corrected chi connectivity index (χ4v) is 3.02. The van der Waals surface area contributed by atoms with E-state index in [0.29, 0.717) is 12.4 Å². The zero-order chi connectivity index (χ0) is 18.7. The van der Waals surface area contributed by atoms with E-state index in [2.05, 4.69) is 20.4 Å². The van der Waals surface area contributed by atoms with Gasteiger partial charge in [0.1, 0.15) is 0 Å². The number of likely N-dealkylation sites (tertiary alicyclic amines) is 1. The van der Waals surface area contributed by atoms with Crippen molar-refractivity contribution >= 4 is 5.91 Å². The Kier molecular flexibility index (Phi) is 5.26. The Labute approximate surface area is 148 Å². The lowest BCUT2D eigenvalue weighted by Gasteiger charge is -2.29. The number of amides is 1. The third kappa shape index (κ3) is 4.21. The normalized spacial score (nSPS) is 16.6. The van der Waals surface area contributed by atoms with Gasteiger partial charge in [0, 0.05) is 18.5 Å². The lowest BCUT2D eigenvalue weighted by Crippen LogP contribution is -2.39. The molecular formula is C17H19F3N4O2. The summed E-state index contributed by atoms with van der Waals surface area (Å²) in [6, 6.07) is 4.83. The number of hydrogen-bond acceptors (Lipinski definition) is 5. The van der Waals surface area contributed by atoms with E-state index >= 15 is 0 Å². The van der Waals surface area contributed by atoms with Crippen LogP contribution in [0.5, 0.6) is 0 Å². The Morgan fingerprint density at radius 3 is 2.73 bits per heavy atom. The molecule has 0 atom stereocenters. The molecule has 1 aromatic heterocycles. The molecule has 3 rings (SSSR count). The average molecular weight is 368 g/mol. The molecule has 1 saturated heterocycles. The van der Waals surface area contributed by atoms with E-state index < -0.39 is 11.7 Å². The van der Waals surface area contributed by atoms with E-state index in [0.717, 1.165) is 38.1 Å². The molecule has 0 saturated carbocycles. The molecule has 1 amide bonds. The number of halogens is 3. The van der Waals surface area contributed by atoms with Gasteiger partial charge in [-0.1, -0.05) is 17.3 Å². The van der Waals surface area contributed by atoms with Crippen molar-refractivity contribution in [1.82, 2.24) is 20.4 Å². The second kappa shape index (κ2) is 7.45. The lowest BCUT2D eigenvalue weighted by molar-refractivity contribution is -0.137. The van der Waals surface area contributed by atoms with Crippen LogP contribution in [0.1, 0.15) is 24.3 Å². The minimum absolute atomic E-state index is 0.0135. The van der Waals surface area contributed by atoms with Crippen LogP contribution in [-0.4, -0.2) is 41.1 Å². The molecule has 1 aliphatic heterocycles. The number of carbonyl (C=O) groups is 1. The summed E-state index contributed by atoms with van der Waals surface area (Å²) < 4.78 is 43.6. The minimum atomic E-state index is -4.42. The van der Waals surface area contributed by atoms with Crippen LogP contribution in [-0.2, 0) is 17.5 Å². The molecule has 1 N–H and O–H groups in total. The summed E-state index contributed by atoms with van der Waals surface area (Å²) in [5.74, 6) is 0.538. The molecule has 1 aromatic carbocycles. The van der Waals surface area contributed by atoms with Crippen molar-refractivity contribution in [3.63, 3.8) is 0 Å². The number of hydrogen-bond donors (Lipinski definition) is 1. The van der Waals surface area contributed by atoms with Crippen molar-refractivity contribution in [2.24, 2.45) is 5.92 Å². The van der Waals surface area contributed by atoms with E-state index in [1.54, 1.807) is 7.05 Å². The molecular weight excluding hydrogens is 349 g/mol. The van der Waals surface area contributed by atoms with Gasteiger partial charge in [-0.2, -0.15) is 18.2 Å². The number of piperidine rings is 1. The van der Waals surface area contributed by atoms with Crippen LogP contribution in [0.2, 0.25) is 0 Å². The van der Waals surface area contributed by atoms with E-state index in [-0.39, 0.29) is 23.2 Å². The lowest BCUT2D eigenvalue weighted by atomic mass is 9.96. The Bertz CT molecular complexity index is 767. The number of alkyl halides is 3. The first kappa shape index (κ1) is 18.4. The van der Waals surface area contributed by atoms with Gasteiger partial charge in [0.05, 0.1) is 12.1 Å². The van der Waals surface area contributed by atoms with Crippen LogP contribution in [0, 0.1) is 5.92 Å². The molecule has 1 fully saturated rings. The highest BCUT2D eigenvalue weighted by Crippen LogP contribution is 2.31. The standard InChI is InChI=1S/C17H19F3N4O2/c1-21-16(25)11-5-7-24(8-6-11)10-14-22-15(23-26-14)12-3-2-4-13(9-12)17(18,19)20/h2-4,9,11H,5-8,10H2,1H3,(H,21,25). The highest BCUT2D eigenvalue weighted by atomic mass is 19.4. The third-order valence-electron chi connectivity index (χ3n) is 4.48. The molecule has 26 heavy (non-hydrogen) atoms. The third-order valence-corrected chi connectivity index (χ3v) is 4.48. The molecule has 1 aliphatic rings. The maximum absolute atomic E-state index is 12.8. The van der Waals surface area contributed by atoms with Crippen molar-refractivity contribution in [2.45, 2.75) is 25.6 Å². The molecule has 140 valence electrons. The summed E-state index contributed by atoms with van der Waals surface area (Å²) in [5, 5.41) is 6.44. The van der Waals surface area contributed by atoms with Gasteiger partial charge in [-0.05, 0) is 38.1 Å². The molecule has 2 heterocycles. The first-order valence-electron chi connectivity index (χ1n) is 8.31. The van der Waals surface area contributed by atoms with Crippen molar-refractivity contribution < 1.29 is 22.5 Å². The highest BCUT2D eigenvalue weighted by Gasteiger charge is 2.31. The second-order valence-corrected chi connectivity index (χ2v) is 6.25. The molecule has 0 unspecified atom stereocenters. The number of benzene rings is 1. The fraction of sp³-hybridized carbons (Fsp3) is 0.471. The zero-order valence-corrected chi connectivity index (χ0v) is 14.2. The van der Waals surface area contributed by atoms with Crippen molar-refractivity contribution in [2.75, 3.05) is 20.1 Å². The summed E-state index contributed by atoms with van der Waals surface area (Å²) >= 11 is 0. The molecule has 6 nitrogen and oxygen atoms in total. The minimum Gasteiger partial charge on any atom is -0.359 e. The number of nitrogens with zero attached hydrogens (tertiary/aromatic N) is 3. The zero-order valence-electron chi connectivity index (χ0n) is 14.2. The fourth-order valence-electron chi connectivity index (χ4n) is 3.02. The van der Waals surface area contributed by atoms with E-state index in [1.165, 1.54) is 12.1 Å². The van der Waals surface area contributed by atoms with E-state index in [1.807, 2.05) is 0 Å². The van der Waals surface area contributed by atoms with Crippen LogP contribution in [0.15, 0.2) is 28.8 Å². The average Bonchev–Trinajstić information content (AvgIpc) is 3.09. The van der Waals surface area contributed by atoms with Gasteiger partial charge in [-0.25, -0.2) is 0 Å². The van der Waals surface area contributed by atoms with Crippen LogP contribution < -0.4 is 5.32 Å². The molecule has 0 bridgehead atoms. The van der Waals surface area contributed by atoms with Crippen LogP contribution in [0.4, 0.5) is 13.2 Å². The van der Waals surface area contributed by atoms with Crippen molar-refractivity contribution in [3.8, 4) is 11.4 Å². The Hall–Kier alpha value is -2.42. The highest BCUT2D eigenvalue weighted by molar-refractivity contribution is 5.78. The topological polar surface area (TPSA) is 71.3 Å². The Morgan fingerprint density at radius 1 is 1.35 bits per heavy atom. The summed E-state index contributed by atoms with van der Waals surface area (Å²) in [5.41, 5.74) is -0.495. The first-order valence-corrected chi connectivity index (χ1v) is 8.31. The SMILES string of the molecule is CNC(=O)C1CCN(Cc2nc(-c3cccc(C(F)(F)F)c3)no2)CC1. The van der Waals surface area contributed by atoms with Crippen molar-refractivity contribution in [3.05, 3.63) is 35.7 Å². The first-order chi connectivity index (χ1) is 12.4. The molecule has 0 radical (unpaired) electrons. The maximum Gasteiger partial charge on any atom is 0.416 e. The predicted molar refractivity (Wildman–Crippen MR) is 86.8 cm³/mol. The van der Waals surface area contributed by atoms with E-state index in [4.69, 9.17) is 4.52 Å². The number of carbonyl (C=O) groups excluding carboxylic acids is 1. The largest absolute Gasteiger partial charge is 0.416 e. The summed E-state index contributed by atoms with van der Waals surface area (Å²) in [6.07, 6.45) is -2.93. The monoisotopic (exact) mass is 368 g/mol. The van der Waals surface area contributed by atoms with Crippen LogP contribution >= 0.6 is 0 Å². The summed E-state index contributed by atoms with van der Waals surface area (Å²) in [7, 11) is 1.63. The Morgan fingerprint density at radius 2 is 2.08 bits per heavy atom. The Balaban J connectivity index is 1.63. The van der Waals surface area contributed by atoms with E-state index in [9.17, 15) is 18.0 Å². The van der Waals surface area contributed by atoms with Gasteiger partial charge >= 0.3 is 6.18 Å². The van der Waals surface area contributed by atoms with Gasteiger partial charge in [0.25, 0.3) is 0 Å². The molecule has 2 aromatic rings. The van der Waals surface area contributed by atoms with Gasteiger partial charge in [0.15, 0.2) is 0 Å². The van der Waals surface area contributed by atoms with Gasteiger partial charge in [0.2, 0.25) is 17.6 Å². The van der Waals surface area contributed by atoms with Crippen LogP contribution in [0.3, 0.4) is 0 Å². The summed E-state index contributed by atoms with van der Waals surface area (Å²) in [6.45, 7) is 1.85.